The molecule has 2 rings (SSSR count). The molecule has 0 aromatic rings. The molecular formula is C13H23N3O2. The molecular weight excluding hydrogens is 230 g/mol. The predicted molar refractivity (Wildman–Crippen MR) is 69.2 cm³/mol. The standard InChI is InChI=1S/C13H23N3O2/c1-9-5-3-4-8-16(9)12(17)10(2)14-13(18)15-11-6-7-11/h9-11H,3-8H2,1-2H3,(H2,14,15,18). The van der Waals surface area contributed by atoms with E-state index in [1.165, 1.54) is 6.42 Å². The van der Waals surface area contributed by atoms with Gasteiger partial charge in [0, 0.05) is 18.6 Å². The molecule has 2 unspecified atom stereocenters. The van der Waals surface area contributed by atoms with Crippen LogP contribution in [0.15, 0.2) is 0 Å². The highest BCUT2D eigenvalue weighted by Gasteiger charge is 2.29. The first kappa shape index (κ1) is 13.2. The number of rotatable bonds is 3. The molecule has 1 saturated carbocycles. The number of nitrogens with one attached hydrogen (secondary N) is 2. The van der Waals surface area contributed by atoms with Gasteiger partial charge >= 0.3 is 6.03 Å². The third kappa shape index (κ3) is 3.37. The van der Waals surface area contributed by atoms with Gasteiger partial charge in [-0.2, -0.15) is 0 Å². The molecule has 18 heavy (non-hydrogen) atoms. The number of carbonyl (C=O) groups is 2. The van der Waals surface area contributed by atoms with Crippen LogP contribution in [0.1, 0.15) is 46.0 Å². The topological polar surface area (TPSA) is 61.4 Å². The largest absolute Gasteiger partial charge is 0.338 e. The zero-order valence-corrected chi connectivity index (χ0v) is 11.2. The summed E-state index contributed by atoms with van der Waals surface area (Å²) in [5.74, 6) is 0.0353. The maximum atomic E-state index is 12.2. The SMILES string of the molecule is CC(NC(=O)NC1CC1)C(=O)N1CCCCC1C. The number of likely N-dealkylation sites (tertiary alicyclic amines) is 1. The van der Waals surface area contributed by atoms with E-state index in [2.05, 4.69) is 17.6 Å². The Labute approximate surface area is 108 Å². The zero-order valence-electron chi connectivity index (χ0n) is 11.2. The average molecular weight is 253 g/mol. The van der Waals surface area contributed by atoms with Crippen LogP contribution in [0.5, 0.6) is 0 Å². The van der Waals surface area contributed by atoms with E-state index in [4.69, 9.17) is 0 Å². The molecule has 0 radical (unpaired) electrons. The molecule has 0 spiro atoms. The lowest BCUT2D eigenvalue weighted by molar-refractivity contribution is -0.136. The third-order valence-electron chi connectivity index (χ3n) is 3.72. The molecule has 1 aliphatic heterocycles. The fourth-order valence-electron chi connectivity index (χ4n) is 2.39. The Morgan fingerprint density at radius 1 is 1.22 bits per heavy atom. The molecule has 2 aliphatic rings. The molecule has 2 N–H and O–H groups in total. The van der Waals surface area contributed by atoms with E-state index in [0.717, 1.165) is 32.2 Å². The molecule has 5 nitrogen and oxygen atoms in total. The van der Waals surface area contributed by atoms with Gasteiger partial charge in [0.15, 0.2) is 0 Å². The highest BCUT2D eigenvalue weighted by Crippen LogP contribution is 2.19. The first-order valence-electron chi connectivity index (χ1n) is 6.95. The van der Waals surface area contributed by atoms with Gasteiger partial charge in [0.1, 0.15) is 6.04 Å². The average Bonchev–Trinajstić information content (AvgIpc) is 3.12. The first-order chi connectivity index (χ1) is 8.58. The molecule has 1 heterocycles. The van der Waals surface area contributed by atoms with Crippen molar-refractivity contribution in [3.8, 4) is 0 Å². The van der Waals surface area contributed by atoms with Crippen molar-refractivity contribution >= 4 is 11.9 Å². The summed E-state index contributed by atoms with van der Waals surface area (Å²) in [4.78, 5) is 25.7. The maximum Gasteiger partial charge on any atom is 0.315 e. The third-order valence-corrected chi connectivity index (χ3v) is 3.72. The minimum Gasteiger partial charge on any atom is -0.338 e. The number of piperidine rings is 1. The Hall–Kier alpha value is -1.26. The lowest BCUT2D eigenvalue weighted by atomic mass is 10.0. The quantitative estimate of drug-likeness (QED) is 0.795. The van der Waals surface area contributed by atoms with Crippen molar-refractivity contribution in [1.82, 2.24) is 15.5 Å². The Morgan fingerprint density at radius 3 is 2.56 bits per heavy atom. The maximum absolute atomic E-state index is 12.2. The molecule has 1 aliphatic carbocycles. The van der Waals surface area contributed by atoms with Gasteiger partial charge < -0.3 is 15.5 Å². The van der Waals surface area contributed by atoms with Crippen LogP contribution in [0, 0.1) is 0 Å². The van der Waals surface area contributed by atoms with Crippen molar-refractivity contribution in [2.45, 2.75) is 64.1 Å². The summed E-state index contributed by atoms with van der Waals surface area (Å²) < 4.78 is 0. The van der Waals surface area contributed by atoms with Gasteiger partial charge in [0.2, 0.25) is 5.91 Å². The monoisotopic (exact) mass is 253 g/mol. The Morgan fingerprint density at radius 2 is 1.94 bits per heavy atom. The van der Waals surface area contributed by atoms with Crippen LogP contribution >= 0.6 is 0 Å². The van der Waals surface area contributed by atoms with E-state index in [1.807, 2.05) is 4.90 Å². The van der Waals surface area contributed by atoms with E-state index in [-0.39, 0.29) is 11.9 Å². The highest BCUT2D eigenvalue weighted by atomic mass is 16.2. The summed E-state index contributed by atoms with van der Waals surface area (Å²) in [6, 6.07) is -0.0458. The van der Waals surface area contributed by atoms with Crippen molar-refractivity contribution in [1.29, 1.82) is 0 Å². The summed E-state index contributed by atoms with van der Waals surface area (Å²) in [5.41, 5.74) is 0. The second-order valence-corrected chi connectivity index (χ2v) is 5.49. The molecule has 2 atom stereocenters. The summed E-state index contributed by atoms with van der Waals surface area (Å²) >= 11 is 0. The Bertz CT molecular complexity index is 328. The second kappa shape index (κ2) is 5.59. The van der Waals surface area contributed by atoms with Crippen molar-refractivity contribution < 1.29 is 9.59 Å². The van der Waals surface area contributed by atoms with Crippen LogP contribution < -0.4 is 10.6 Å². The minimum atomic E-state index is -0.440. The van der Waals surface area contributed by atoms with E-state index in [1.54, 1.807) is 6.92 Å². The Balaban J connectivity index is 1.80. The molecule has 0 bridgehead atoms. The molecule has 102 valence electrons. The van der Waals surface area contributed by atoms with Gasteiger partial charge in [0.25, 0.3) is 0 Å². The van der Waals surface area contributed by atoms with Crippen LogP contribution in [-0.2, 0) is 4.79 Å². The number of amides is 3. The summed E-state index contributed by atoms with van der Waals surface area (Å²) in [7, 11) is 0. The Kier molecular flexibility index (Phi) is 4.09. The lowest BCUT2D eigenvalue weighted by Crippen LogP contribution is -2.53. The molecule has 5 heteroatoms. The summed E-state index contributed by atoms with van der Waals surface area (Å²) in [6.45, 7) is 4.65. The number of carbonyl (C=O) groups excluding carboxylic acids is 2. The van der Waals surface area contributed by atoms with Crippen molar-refractivity contribution in [2.24, 2.45) is 0 Å². The lowest BCUT2D eigenvalue weighted by Gasteiger charge is -2.35. The van der Waals surface area contributed by atoms with Crippen LogP contribution in [0.4, 0.5) is 4.79 Å². The highest BCUT2D eigenvalue weighted by molar-refractivity contribution is 5.87. The molecule has 3 amide bonds. The van der Waals surface area contributed by atoms with Crippen LogP contribution in [0.3, 0.4) is 0 Å². The number of nitrogens with zero attached hydrogens (tertiary/aromatic N) is 1. The summed E-state index contributed by atoms with van der Waals surface area (Å²) in [6.07, 6.45) is 5.43. The molecule has 0 aromatic carbocycles. The predicted octanol–water partition coefficient (Wildman–Crippen LogP) is 1.24. The van der Waals surface area contributed by atoms with Gasteiger partial charge in [-0.05, 0) is 46.0 Å². The van der Waals surface area contributed by atoms with Gasteiger partial charge in [-0.1, -0.05) is 0 Å². The van der Waals surface area contributed by atoms with Crippen molar-refractivity contribution in [3.63, 3.8) is 0 Å². The van der Waals surface area contributed by atoms with Crippen molar-refractivity contribution in [3.05, 3.63) is 0 Å². The van der Waals surface area contributed by atoms with E-state index >= 15 is 0 Å². The minimum absolute atomic E-state index is 0.0353. The van der Waals surface area contributed by atoms with Crippen LogP contribution in [0.2, 0.25) is 0 Å². The van der Waals surface area contributed by atoms with E-state index in [9.17, 15) is 9.59 Å². The normalized spacial score (nSPS) is 25.4. The van der Waals surface area contributed by atoms with Crippen LogP contribution in [0.25, 0.3) is 0 Å². The number of hydrogen-bond donors (Lipinski definition) is 2. The first-order valence-corrected chi connectivity index (χ1v) is 6.95. The fraction of sp³-hybridized carbons (Fsp3) is 0.846. The van der Waals surface area contributed by atoms with Gasteiger partial charge in [-0.25, -0.2) is 4.79 Å². The number of urea groups is 1. The number of hydrogen-bond acceptors (Lipinski definition) is 2. The fourth-order valence-corrected chi connectivity index (χ4v) is 2.39. The van der Waals surface area contributed by atoms with E-state index < -0.39 is 6.04 Å². The zero-order chi connectivity index (χ0) is 13.1. The van der Waals surface area contributed by atoms with Gasteiger partial charge in [-0.15, -0.1) is 0 Å². The van der Waals surface area contributed by atoms with Gasteiger partial charge in [-0.3, -0.25) is 4.79 Å². The van der Waals surface area contributed by atoms with E-state index in [0.29, 0.717) is 12.1 Å². The van der Waals surface area contributed by atoms with Gasteiger partial charge in [0.05, 0.1) is 0 Å². The van der Waals surface area contributed by atoms with Crippen LogP contribution in [-0.4, -0.2) is 41.5 Å². The van der Waals surface area contributed by atoms with Crippen molar-refractivity contribution in [2.75, 3.05) is 6.54 Å². The molecule has 1 saturated heterocycles. The second-order valence-electron chi connectivity index (χ2n) is 5.49. The molecule has 2 fully saturated rings. The molecule has 0 aromatic heterocycles. The smallest absolute Gasteiger partial charge is 0.315 e. The summed E-state index contributed by atoms with van der Waals surface area (Å²) in [5, 5.41) is 5.56.